The molecule has 1 aromatic rings. The lowest BCUT2D eigenvalue weighted by Gasteiger charge is -2.05. The number of thiophene rings is 1. The average molecular weight is 284 g/mol. The Kier molecular flexibility index (Phi) is 6.59. The highest BCUT2D eigenvalue weighted by Crippen LogP contribution is 2.04. The summed E-state index contributed by atoms with van der Waals surface area (Å²) in [6.07, 6.45) is 0.120. The van der Waals surface area contributed by atoms with Crippen molar-refractivity contribution in [3.05, 3.63) is 22.4 Å². The molecule has 1 heterocycles. The van der Waals surface area contributed by atoms with Gasteiger partial charge < -0.3 is 15.4 Å². The van der Waals surface area contributed by atoms with Crippen molar-refractivity contribution in [2.75, 3.05) is 19.7 Å². The molecule has 0 aliphatic heterocycles. The van der Waals surface area contributed by atoms with Gasteiger partial charge in [0.05, 0.1) is 6.61 Å². The Balaban J connectivity index is 2.14. The van der Waals surface area contributed by atoms with E-state index in [4.69, 9.17) is 0 Å². The van der Waals surface area contributed by atoms with Gasteiger partial charge in [-0.05, 0) is 18.4 Å². The van der Waals surface area contributed by atoms with Gasteiger partial charge in [0.2, 0.25) is 5.91 Å². The molecule has 0 radical (unpaired) electrons. The summed E-state index contributed by atoms with van der Waals surface area (Å²) in [7, 11) is 0. The molecule has 0 fully saturated rings. The van der Waals surface area contributed by atoms with E-state index in [9.17, 15) is 14.4 Å². The second kappa shape index (κ2) is 8.25. The molecule has 1 aromatic heterocycles. The van der Waals surface area contributed by atoms with Crippen LogP contribution in [0.25, 0.3) is 0 Å². The number of amides is 2. The van der Waals surface area contributed by atoms with Crippen LogP contribution >= 0.6 is 11.3 Å². The summed E-state index contributed by atoms with van der Waals surface area (Å²) in [5.41, 5.74) is 0.580. The molecule has 0 aliphatic rings. The van der Waals surface area contributed by atoms with Crippen LogP contribution in [0.1, 0.15) is 23.7 Å². The van der Waals surface area contributed by atoms with E-state index in [1.54, 1.807) is 23.8 Å². The van der Waals surface area contributed by atoms with E-state index in [1.807, 2.05) is 0 Å². The lowest BCUT2D eigenvalue weighted by atomic mass is 10.3. The van der Waals surface area contributed by atoms with Crippen LogP contribution in [0.3, 0.4) is 0 Å². The molecular weight excluding hydrogens is 268 g/mol. The zero-order valence-electron chi connectivity index (χ0n) is 10.6. The van der Waals surface area contributed by atoms with Crippen LogP contribution in [0.5, 0.6) is 0 Å². The molecule has 6 nitrogen and oxygen atoms in total. The van der Waals surface area contributed by atoms with E-state index in [0.29, 0.717) is 5.56 Å². The lowest BCUT2D eigenvalue weighted by molar-refractivity contribution is -0.143. The molecule has 0 saturated carbocycles. The third kappa shape index (κ3) is 6.01. The molecule has 104 valence electrons. The van der Waals surface area contributed by atoms with Crippen molar-refractivity contribution in [1.29, 1.82) is 0 Å². The van der Waals surface area contributed by atoms with Crippen molar-refractivity contribution in [3.63, 3.8) is 0 Å². The number of hydrogen-bond acceptors (Lipinski definition) is 5. The molecule has 0 bridgehead atoms. The van der Waals surface area contributed by atoms with Crippen molar-refractivity contribution in [3.8, 4) is 0 Å². The summed E-state index contributed by atoms with van der Waals surface area (Å²) >= 11 is 1.43. The van der Waals surface area contributed by atoms with E-state index in [2.05, 4.69) is 15.4 Å². The summed E-state index contributed by atoms with van der Waals surface area (Å²) in [4.78, 5) is 33.9. The molecular formula is C12H16N2O4S. The monoisotopic (exact) mass is 284 g/mol. The Labute approximate surface area is 115 Å². The minimum absolute atomic E-state index is 0.120. The number of ether oxygens (including phenoxy) is 1. The first-order valence-electron chi connectivity index (χ1n) is 5.86. The molecule has 0 unspecified atom stereocenters. The van der Waals surface area contributed by atoms with Crippen molar-refractivity contribution in [1.82, 2.24) is 10.6 Å². The third-order valence-electron chi connectivity index (χ3n) is 2.16. The van der Waals surface area contributed by atoms with Gasteiger partial charge in [0.25, 0.3) is 5.91 Å². The minimum atomic E-state index is -0.474. The first-order valence-corrected chi connectivity index (χ1v) is 6.80. The average Bonchev–Trinajstić information content (AvgIpc) is 2.90. The Morgan fingerprint density at radius 3 is 2.74 bits per heavy atom. The standard InChI is InChI=1S/C12H16N2O4S/c1-2-18-11(16)7-14-10(15)3-5-13-12(17)9-4-6-19-8-9/h4,6,8H,2-3,5,7H2,1H3,(H,13,17)(H,14,15). The fraction of sp³-hybridized carbons (Fsp3) is 0.417. The second-order valence-electron chi connectivity index (χ2n) is 3.60. The highest BCUT2D eigenvalue weighted by atomic mass is 32.1. The Morgan fingerprint density at radius 1 is 1.32 bits per heavy atom. The SMILES string of the molecule is CCOC(=O)CNC(=O)CCNC(=O)c1ccsc1. The number of hydrogen-bond donors (Lipinski definition) is 2. The van der Waals surface area contributed by atoms with Crippen LogP contribution in [0.4, 0.5) is 0 Å². The number of nitrogens with one attached hydrogen (secondary N) is 2. The maximum atomic E-state index is 11.5. The molecule has 2 N–H and O–H groups in total. The number of rotatable bonds is 7. The molecule has 19 heavy (non-hydrogen) atoms. The van der Waals surface area contributed by atoms with E-state index >= 15 is 0 Å². The van der Waals surface area contributed by atoms with Crippen LogP contribution in [0, 0.1) is 0 Å². The van der Waals surface area contributed by atoms with Crippen LogP contribution in [0.2, 0.25) is 0 Å². The van der Waals surface area contributed by atoms with Crippen molar-refractivity contribution in [2.24, 2.45) is 0 Å². The topological polar surface area (TPSA) is 84.5 Å². The van der Waals surface area contributed by atoms with E-state index in [1.165, 1.54) is 11.3 Å². The fourth-order valence-electron chi connectivity index (χ4n) is 1.26. The van der Waals surface area contributed by atoms with Crippen molar-refractivity contribution < 1.29 is 19.1 Å². The molecule has 0 atom stereocenters. The summed E-state index contributed by atoms with van der Waals surface area (Å²) in [6, 6.07) is 1.71. The zero-order chi connectivity index (χ0) is 14.1. The van der Waals surface area contributed by atoms with Crippen molar-refractivity contribution in [2.45, 2.75) is 13.3 Å². The van der Waals surface area contributed by atoms with Gasteiger partial charge in [-0.3, -0.25) is 14.4 Å². The number of carbonyl (C=O) groups excluding carboxylic acids is 3. The fourth-order valence-corrected chi connectivity index (χ4v) is 1.89. The Bertz CT molecular complexity index is 431. The normalized spacial score (nSPS) is 9.74. The first kappa shape index (κ1) is 15.2. The maximum absolute atomic E-state index is 11.5. The van der Waals surface area contributed by atoms with Gasteiger partial charge in [-0.1, -0.05) is 0 Å². The predicted molar refractivity (Wildman–Crippen MR) is 70.9 cm³/mol. The van der Waals surface area contributed by atoms with E-state index < -0.39 is 5.97 Å². The van der Waals surface area contributed by atoms with Gasteiger partial charge in [0.15, 0.2) is 0 Å². The predicted octanol–water partition coefficient (Wildman–Crippen LogP) is 0.547. The zero-order valence-corrected chi connectivity index (χ0v) is 11.4. The quantitative estimate of drug-likeness (QED) is 0.716. The maximum Gasteiger partial charge on any atom is 0.325 e. The second-order valence-corrected chi connectivity index (χ2v) is 4.38. The molecule has 0 aromatic carbocycles. The van der Waals surface area contributed by atoms with Gasteiger partial charge in [-0.2, -0.15) is 11.3 Å². The number of esters is 1. The molecule has 0 saturated heterocycles. The minimum Gasteiger partial charge on any atom is -0.465 e. The van der Waals surface area contributed by atoms with E-state index in [-0.39, 0.29) is 37.9 Å². The first-order chi connectivity index (χ1) is 9.13. The smallest absolute Gasteiger partial charge is 0.325 e. The van der Waals surface area contributed by atoms with Gasteiger partial charge in [0.1, 0.15) is 6.54 Å². The molecule has 0 spiro atoms. The molecule has 1 rings (SSSR count). The van der Waals surface area contributed by atoms with Crippen LogP contribution in [-0.4, -0.2) is 37.5 Å². The van der Waals surface area contributed by atoms with Gasteiger partial charge in [0, 0.05) is 23.9 Å². The Hall–Kier alpha value is -1.89. The summed E-state index contributed by atoms with van der Waals surface area (Å²) in [6.45, 7) is 2.06. The van der Waals surface area contributed by atoms with Gasteiger partial charge in [-0.25, -0.2) is 0 Å². The summed E-state index contributed by atoms with van der Waals surface area (Å²) in [5.74, 6) is -0.990. The van der Waals surface area contributed by atoms with E-state index in [0.717, 1.165) is 0 Å². The van der Waals surface area contributed by atoms with Crippen LogP contribution in [-0.2, 0) is 14.3 Å². The molecule has 2 amide bonds. The van der Waals surface area contributed by atoms with Gasteiger partial charge >= 0.3 is 5.97 Å². The lowest BCUT2D eigenvalue weighted by Crippen LogP contribution is -2.34. The van der Waals surface area contributed by atoms with Crippen LogP contribution < -0.4 is 10.6 Å². The number of carbonyl (C=O) groups is 3. The van der Waals surface area contributed by atoms with Gasteiger partial charge in [-0.15, -0.1) is 0 Å². The highest BCUT2D eigenvalue weighted by molar-refractivity contribution is 7.08. The summed E-state index contributed by atoms with van der Waals surface area (Å²) < 4.78 is 4.66. The molecule has 7 heteroatoms. The highest BCUT2D eigenvalue weighted by Gasteiger charge is 2.08. The Morgan fingerprint density at radius 2 is 2.11 bits per heavy atom. The largest absolute Gasteiger partial charge is 0.465 e. The third-order valence-corrected chi connectivity index (χ3v) is 2.84. The molecule has 0 aliphatic carbocycles. The van der Waals surface area contributed by atoms with Crippen LogP contribution in [0.15, 0.2) is 16.8 Å². The summed E-state index contributed by atoms with van der Waals surface area (Å²) in [5, 5.41) is 8.57. The van der Waals surface area contributed by atoms with Crippen molar-refractivity contribution >= 4 is 29.1 Å².